The largest absolute Gasteiger partial charge is 0.493 e. The molecule has 1 rings (SSSR count). The normalized spacial score (nSPS) is 11.9. The predicted molar refractivity (Wildman–Crippen MR) is 67.5 cm³/mol. The van der Waals surface area contributed by atoms with Gasteiger partial charge < -0.3 is 9.84 Å². The number of para-hydroxylation sites is 1. The first-order valence-corrected chi connectivity index (χ1v) is 5.72. The Labute approximate surface area is 97.6 Å². The lowest BCUT2D eigenvalue weighted by atomic mass is 10.0. The van der Waals surface area contributed by atoms with Crippen LogP contribution in [0.3, 0.4) is 0 Å². The van der Waals surface area contributed by atoms with Gasteiger partial charge in [0, 0.05) is 5.56 Å². The summed E-state index contributed by atoms with van der Waals surface area (Å²) in [6.07, 6.45) is 2.01. The third-order valence-corrected chi connectivity index (χ3v) is 2.48. The Kier molecular flexibility index (Phi) is 5.06. The van der Waals surface area contributed by atoms with Crippen molar-refractivity contribution in [1.29, 1.82) is 0 Å². The zero-order valence-electron chi connectivity index (χ0n) is 10.2. The van der Waals surface area contributed by atoms with Crippen molar-refractivity contribution in [2.45, 2.75) is 20.8 Å². The Balaban J connectivity index is 3.02. The van der Waals surface area contributed by atoms with Crippen molar-refractivity contribution in [1.82, 2.24) is 0 Å². The average molecular weight is 220 g/mol. The highest BCUT2D eigenvalue weighted by molar-refractivity contribution is 5.60. The second-order valence-corrected chi connectivity index (χ2v) is 4.00. The van der Waals surface area contributed by atoms with E-state index in [0.29, 0.717) is 12.5 Å². The van der Waals surface area contributed by atoms with E-state index in [1.807, 2.05) is 37.3 Å². The third-order valence-electron chi connectivity index (χ3n) is 2.48. The second-order valence-electron chi connectivity index (χ2n) is 4.00. The molecular weight excluding hydrogens is 200 g/mol. The lowest BCUT2D eigenvalue weighted by Gasteiger charge is -2.11. The Morgan fingerprint density at radius 1 is 1.38 bits per heavy atom. The summed E-state index contributed by atoms with van der Waals surface area (Å²) in [6.45, 7) is 6.87. The molecule has 0 aliphatic carbocycles. The van der Waals surface area contributed by atoms with Crippen molar-refractivity contribution < 1.29 is 9.84 Å². The molecule has 2 nitrogen and oxygen atoms in total. The minimum absolute atomic E-state index is 0.0954. The van der Waals surface area contributed by atoms with E-state index in [2.05, 4.69) is 13.8 Å². The van der Waals surface area contributed by atoms with Gasteiger partial charge >= 0.3 is 0 Å². The maximum atomic E-state index is 9.27. The fourth-order valence-corrected chi connectivity index (χ4v) is 1.48. The quantitative estimate of drug-likeness (QED) is 0.826. The van der Waals surface area contributed by atoms with Crippen molar-refractivity contribution in [3.05, 3.63) is 35.4 Å². The van der Waals surface area contributed by atoms with Crippen LogP contribution >= 0.6 is 0 Å². The molecule has 2 heteroatoms. The first-order chi connectivity index (χ1) is 7.69. The Hall–Kier alpha value is -1.28. The van der Waals surface area contributed by atoms with Crippen molar-refractivity contribution >= 4 is 6.08 Å². The number of aliphatic hydroxyl groups is 1. The van der Waals surface area contributed by atoms with Crippen LogP contribution in [-0.4, -0.2) is 18.3 Å². The molecule has 0 atom stereocenters. The Morgan fingerprint density at radius 2 is 2.06 bits per heavy atom. The molecule has 0 aromatic heterocycles. The van der Waals surface area contributed by atoms with Gasteiger partial charge in [0.05, 0.1) is 13.2 Å². The van der Waals surface area contributed by atoms with Gasteiger partial charge in [-0.15, -0.1) is 0 Å². The molecule has 0 amide bonds. The van der Waals surface area contributed by atoms with Gasteiger partial charge in [-0.05, 0) is 30.6 Å². The van der Waals surface area contributed by atoms with Crippen molar-refractivity contribution in [3.8, 4) is 5.75 Å². The van der Waals surface area contributed by atoms with Crippen LogP contribution in [0.15, 0.2) is 29.8 Å². The SMILES string of the molecule is CCOc1ccccc1C=C(CO)C(C)C. The molecule has 0 spiro atoms. The number of rotatable bonds is 5. The molecule has 0 saturated heterocycles. The van der Waals surface area contributed by atoms with Crippen LogP contribution in [0.4, 0.5) is 0 Å². The molecular formula is C14H20O2. The van der Waals surface area contributed by atoms with Crippen LogP contribution in [0, 0.1) is 5.92 Å². The fraction of sp³-hybridized carbons (Fsp3) is 0.429. The summed E-state index contributed by atoms with van der Waals surface area (Å²) < 4.78 is 5.54. The highest BCUT2D eigenvalue weighted by atomic mass is 16.5. The zero-order chi connectivity index (χ0) is 12.0. The molecule has 16 heavy (non-hydrogen) atoms. The van der Waals surface area contributed by atoms with E-state index in [1.165, 1.54) is 0 Å². The summed E-state index contributed by atoms with van der Waals surface area (Å²) in [5, 5.41) is 9.27. The molecule has 0 unspecified atom stereocenters. The smallest absolute Gasteiger partial charge is 0.126 e. The van der Waals surface area contributed by atoms with Crippen molar-refractivity contribution in [3.63, 3.8) is 0 Å². The number of hydrogen-bond donors (Lipinski definition) is 1. The molecule has 1 aromatic rings. The van der Waals surface area contributed by atoms with Crippen LogP contribution < -0.4 is 4.74 Å². The topological polar surface area (TPSA) is 29.5 Å². The number of ether oxygens (including phenoxy) is 1. The summed E-state index contributed by atoms with van der Waals surface area (Å²) in [6, 6.07) is 7.88. The maximum absolute atomic E-state index is 9.27. The molecule has 0 heterocycles. The molecule has 0 radical (unpaired) electrons. The van der Waals surface area contributed by atoms with E-state index in [1.54, 1.807) is 0 Å². The van der Waals surface area contributed by atoms with Crippen molar-refractivity contribution in [2.24, 2.45) is 5.92 Å². The molecule has 0 fully saturated rings. The standard InChI is InChI=1S/C14H20O2/c1-4-16-14-8-6-5-7-12(14)9-13(10-15)11(2)3/h5-9,11,15H,4,10H2,1-3H3. The highest BCUT2D eigenvalue weighted by Crippen LogP contribution is 2.23. The molecule has 0 saturated carbocycles. The monoisotopic (exact) mass is 220 g/mol. The Bertz CT molecular complexity index is 354. The summed E-state index contributed by atoms with van der Waals surface area (Å²) in [5.41, 5.74) is 2.05. The third kappa shape index (κ3) is 3.38. The van der Waals surface area contributed by atoms with Crippen LogP contribution in [0.2, 0.25) is 0 Å². The zero-order valence-corrected chi connectivity index (χ0v) is 10.2. The van der Waals surface area contributed by atoms with Crippen molar-refractivity contribution in [2.75, 3.05) is 13.2 Å². The lowest BCUT2D eigenvalue weighted by Crippen LogP contribution is -2.00. The first-order valence-electron chi connectivity index (χ1n) is 5.72. The first kappa shape index (κ1) is 12.8. The van der Waals surface area contributed by atoms with E-state index in [0.717, 1.165) is 16.9 Å². The number of aliphatic hydroxyl groups excluding tert-OH is 1. The minimum atomic E-state index is 0.0954. The van der Waals surface area contributed by atoms with E-state index in [9.17, 15) is 5.11 Å². The Morgan fingerprint density at radius 3 is 2.62 bits per heavy atom. The van der Waals surface area contributed by atoms with Gasteiger partial charge in [0.1, 0.15) is 5.75 Å². The predicted octanol–water partition coefficient (Wildman–Crippen LogP) is 3.12. The molecule has 0 aliphatic heterocycles. The molecule has 1 aromatic carbocycles. The number of hydrogen-bond acceptors (Lipinski definition) is 2. The average Bonchev–Trinajstić information content (AvgIpc) is 2.27. The summed E-state index contributed by atoms with van der Waals surface area (Å²) in [5.74, 6) is 1.22. The van der Waals surface area contributed by atoms with Gasteiger partial charge in [-0.25, -0.2) is 0 Å². The minimum Gasteiger partial charge on any atom is -0.493 e. The van der Waals surface area contributed by atoms with E-state index >= 15 is 0 Å². The van der Waals surface area contributed by atoms with Crippen LogP contribution in [0.1, 0.15) is 26.3 Å². The van der Waals surface area contributed by atoms with E-state index in [-0.39, 0.29) is 6.61 Å². The van der Waals surface area contributed by atoms with Gasteiger partial charge in [0.25, 0.3) is 0 Å². The maximum Gasteiger partial charge on any atom is 0.126 e. The summed E-state index contributed by atoms with van der Waals surface area (Å²) >= 11 is 0. The fourth-order valence-electron chi connectivity index (χ4n) is 1.48. The van der Waals surface area contributed by atoms with E-state index < -0.39 is 0 Å². The lowest BCUT2D eigenvalue weighted by molar-refractivity contribution is 0.320. The van der Waals surface area contributed by atoms with Crippen LogP contribution in [0.5, 0.6) is 5.75 Å². The van der Waals surface area contributed by atoms with Crippen LogP contribution in [-0.2, 0) is 0 Å². The summed E-state index contributed by atoms with van der Waals surface area (Å²) in [4.78, 5) is 0. The van der Waals surface area contributed by atoms with Gasteiger partial charge in [0.2, 0.25) is 0 Å². The van der Waals surface area contributed by atoms with Gasteiger partial charge in [0.15, 0.2) is 0 Å². The molecule has 88 valence electrons. The second kappa shape index (κ2) is 6.33. The molecule has 0 aliphatic rings. The van der Waals surface area contributed by atoms with Crippen LogP contribution in [0.25, 0.3) is 6.08 Å². The summed E-state index contributed by atoms with van der Waals surface area (Å²) in [7, 11) is 0. The highest BCUT2D eigenvalue weighted by Gasteiger charge is 2.04. The van der Waals surface area contributed by atoms with Gasteiger partial charge in [-0.3, -0.25) is 0 Å². The van der Waals surface area contributed by atoms with E-state index in [4.69, 9.17) is 4.74 Å². The van der Waals surface area contributed by atoms with Gasteiger partial charge in [-0.2, -0.15) is 0 Å². The molecule has 0 bridgehead atoms. The van der Waals surface area contributed by atoms with Gasteiger partial charge in [-0.1, -0.05) is 32.0 Å². The number of benzene rings is 1. The molecule has 1 N–H and O–H groups in total.